The van der Waals surface area contributed by atoms with Crippen molar-refractivity contribution in [2.24, 2.45) is 0 Å². The van der Waals surface area contributed by atoms with Crippen molar-refractivity contribution in [3.8, 4) is 5.69 Å². The van der Waals surface area contributed by atoms with E-state index in [1.807, 2.05) is 0 Å². The van der Waals surface area contributed by atoms with Crippen molar-refractivity contribution in [1.29, 1.82) is 0 Å². The Bertz CT molecular complexity index is 1520. The fourth-order valence-electron chi connectivity index (χ4n) is 3.71. The number of halogens is 2. The monoisotopic (exact) mass is 433 g/mol. The molecule has 0 amide bonds. The number of H-pyrrole nitrogens is 1. The lowest BCUT2D eigenvalue weighted by atomic mass is 10.1. The Morgan fingerprint density at radius 1 is 1.06 bits per heavy atom. The van der Waals surface area contributed by atoms with Crippen LogP contribution < -0.4 is 10.9 Å². The second kappa shape index (κ2) is 7.49. The molecule has 0 aliphatic heterocycles. The van der Waals surface area contributed by atoms with Crippen molar-refractivity contribution < 1.29 is 8.78 Å². The molecule has 32 heavy (non-hydrogen) atoms. The first-order chi connectivity index (χ1) is 15.4. The SMILES string of the molecule is Cc1cc(F)cc(-n2c(C(C)Nc3ncnc4nc[nH]c34)nc3ccc(F)cc3c2=O)c1. The minimum Gasteiger partial charge on any atom is -0.358 e. The number of hydrogen-bond acceptors (Lipinski definition) is 6. The number of aryl methyl sites for hydroxylation is 1. The zero-order valence-corrected chi connectivity index (χ0v) is 17.1. The molecule has 0 bridgehead atoms. The van der Waals surface area contributed by atoms with E-state index < -0.39 is 23.2 Å². The molecule has 2 N–H and O–H groups in total. The second-order valence-electron chi connectivity index (χ2n) is 7.45. The number of nitrogens with zero attached hydrogens (tertiary/aromatic N) is 5. The number of imidazole rings is 1. The summed E-state index contributed by atoms with van der Waals surface area (Å²) in [6.45, 7) is 3.52. The van der Waals surface area contributed by atoms with E-state index in [4.69, 9.17) is 0 Å². The number of anilines is 1. The lowest BCUT2D eigenvalue weighted by Crippen LogP contribution is -2.27. The zero-order chi connectivity index (χ0) is 22.4. The molecule has 0 radical (unpaired) electrons. The number of aromatic amines is 1. The molecule has 8 nitrogen and oxygen atoms in total. The molecule has 0 aliphatic carbocycles. The standard InChI is InChI=1S/C22H17F2N7O/c1-11-5-14(24)7-15(6-11)31-21(30-17-4-3-13(23)8-16(17)22(31)32)12(2)29-20-18-19(26-9-25-18)27-10-28-20/h3-10,12H,1-2H3,(H2,25,26,27,28,29). The van der Waals surface area contributed by atoms with Crippen molar-refractivity contribution in [3.05, 3.63) is 82.4 Å². The number of fused-ring (bicyclic) bond motifs is 2. The molecule has 1 unspecified atom stereocenters. The summed E-state index contributed by atoms with van der Waals surface area (Å²) in [4.78, 5) is 33.5. The maximum atomic E-state index is 14.2. The molecular weight excluding hydrogens is 416 g/mol. The smallest absolute Gasteiger partial charge is 0.266 e. The summed E-state index contributed by atoms with van der Waals surface area (Å²) in [5, 5.41) is 3.32. The van der Waals surface area contributed by atoms with Gasteiger partial charge in [-0.3, -0.25) is 9.36 Å². The maximum Gasteiger partial charge on any atom is 0.266 e. The van der Waals surface area contributed by atoms with Gasteiger partial charge in [-0.05, 0) is 55.8 Å². The van der Waals surface area contributed by atoms with Gasteiger partial charge in [0.2, 0.25) is 0 Å². The van der Waals surface area contributed by atoms with Crippen LogP contribution in [0.4, 0.5) is 14.6 Å². The van der Waals surface area contributed by atoms with Gasteiger partial charge < -0.3 is 10.3 Å². The highest BCUT2D eigenvalue weighted by Gasteiger charge is 2.20. The number of benzene rings is 2. The van der Waals surface area contributed by atoms with Gasteiger partial charge in [0.1, 0.15) is 29.3 Å². The molecule has 5 aromatic rings. The predicted molar refractivity (Wildman–Crippen MR) is 116 cm³/mol. The van der Waals surface area contributed by atoms with Gasteiger partial charge in [0, 0.05) is 0 Å². The van der Waals surface area contributed by atoms with E-state index in [0.29, 0.717) is 39.6 Å². The topological polar surface area (TPSA) is 101 Å². The average molecular weight is 433 g/mol. The Morgan fingerprint density at radius 2 is 1.91 bits per heavy atom. The van der Waals surface area contributed by atoms with E-state index in [2.05, 4.69) is 30.2 Å². The van der Waals surface area contributed by atoms with Crippen LogP contribution in [0.1, 0.15) is 24.4 Å². The molecule has 0 saturated heterocycles. The van der Waals surface area contributed by atoms with Gasteiger partial charge >= 0.3 is 0 Å². The summed E-state index contributed by atoms with van der Waals surface area (Å²) in [6, 6.07) is 7.56. The number of aromatic nitrogens is 6. The zero-order valence-electron chi connectivity index (χ0n) is 17.1. The highest BCUT2D eigenvalue weighted by Crippen LogP contribution is 2.24. The first-order valence-corrected chi connectivity index (χ1v) is 9.81. The molecule has 2 aromatic carbocycles. The number of nitrogens with one attached hydrogen (secondary N) is 2. The van der Waals surface area contributed by atoms with E-state index in [9.17, 15) is 13.6 Å². The van der Waals surface area contributed by atoms with Crippen LogP contribution in [0, 0.1) is 18.6 Å². The van der Waals surface area contributed by atoms with Gasteiger partial charge in [0.25, 0.3) is 5.56 Å². The average Bonchev–Trinajstić information content (AvgIpc) is 3.23. The van der Waals surface area contributed by atoms with Gasteiger partial charge in [-0.25, -0.2) is 28.7 Å². The summed E-state index contributed by atoms with van der Waals surface area (Å²) < 4.78 is 29.4. The Hall–Kier alpha value is -4.21. The van der Waals surface area contributed by atoms with Crippen LogP contribution in [-0.2, 0) is 0 Å². The van der Waals surface area contributed by atoms with Crippen LogP contribution in [0.15, 0.2) is 53.8 Å². The van der Waals surface area contributed by atoms with Crippen LogP contribution in [0.5, 0.6) is 0 Å². The Kier molecular flexibility index (Phi) is 4.62. The first-order valence-electron chi connectivity index (χ1n) is 9.81. The van der Waals surface area contributed by atoms with Crippen molar-refractivity contribution in [1.82, 2.24) is 29.5 Å². The van der Waals surface area contributed by atoms with E-state index in [0.717, 1.165) is 6.07 Å². The third-order valence-electron chi connectivity index (χ3n) is 5.10. The largest absolute Gasteiger partial charge is 0.358 e. The molecule has 0 aliphatic rings. The van der Waals surface area contributed by atoms with Crippen molar-refractivity contribution in [2.45, 2.75) is 19.9 Å². The highest BCUT2D eigenvalue weighted by molar-refractivity contribution is 5.82. The summed E-state index contributed by atoms with van der Waals surface area (Å²) in [5.74, 6) is -0.270. The molecule has 5 rings (SSSR count). The minimum absolute atomic E-state index is 0.0980. The molecule has 160 valence electrons. The van der Waals surface area contributed by atoms with Crippen LogP contribution in [0.3, 0.4) is 0 Å². The van der Waals surface area contributed by atoms with E-state index in [-0.39, 0.29) is 5.39 Å². The van der Waals surface area contributed by atoms with Crippen molar-refractivity contribution in [2.75, 3.05) is 5.32 Å². The molecule has 3 heterocycles. The number of rotatable bonds is 4. The predicted octanol–water partition coefficient (Wildman–Crippen LogP) is 3.81. The molecule has 10 heteroatoms. The summed E-state index contributed by atoms with van der Waals surface area (Å²) in [7, 11) is 0. The van der Waals surface area contributed by atoms with Crippen molar-refractivity contribution in [3.63, 3.8) is 0 Å². The Labute approximate surface area is 180 Å². The number of hydrogen-bond donors (Lipinski definition) is 2. The normalized spacial score (nSPS) is 12.4. The van der Waals surface area contributed by atoms with E-state index in [1.165, 1.54) is 41.5 Å². The van der Waals surface area contributed by atoms with E-state index >= 15 is 0 Å². The Balaban J connectivity index is 1.73. The van der Waals surface area contributed by atoms with Crippen molar-refractivity contribution >= 4 is 27.9 Å². The third kappa shape index (κ3) is 3.35. The molecule has 0 fully saturated rings. The first kappa shape index (κ1) is 19.7. The molecule has 1 atom stereocenters. The fraction of sp³-hybridized carbons (Fsp3) is 0.136. The molecule has 3 aromatic heterocycles. The van der Waals surface area contributed by atoms with Crippen LogP contribution >= 0.6 is 0 Å². The van der Waals surface area contributed by atoms with Gasteiger partial charge in [-0.15, -0.1) is 0 Å². The van der Waals surface area contributed by atoms with Crippen LogP contribution in [0.25, 0.3) is 27.8 Å². The third-order valence-corrected chi connectivity index (χ3v) is 5.10. The summed E-state index contributed by atoms with van der Waals surface area (Å²) >= 11 is 0. The van der Waals surface area contributed by atoms with Gasteiger partial charge in [-0.1, -0.05) is 0 Å². The van der Waals surface area contributed by atoms with E-state index in [1.54, 1.807) is 19.9 Å². The molecule has 0 spiro atoms. The lowest BCUT2D eigenvalue weighted by molar-refractivity contribution is 0.622. The quantitative estimate of drug-likeness (QED) is 0.447. The van der Waals surface area contributed by atoms with Gasteiger partial charge in [0.05, 0.1) is 29.0 Å². The minimum atomic E-state index is -0.556. The molecule has 0 saturated carbocycles. The highest BCUT2D eigenvalue weighted by atomic mass is 19.1. The second-order valence-corrected chi connectivity index (χ2v) is 7.45. The Morgan fingerprint density at radius 3 is 2.72 bits per heavy atom. The molecular formula is C22H17F2N7O. The summed E-state index contributed by atoms with van der Waals surface area (Å²) in [6.07, 6.45) is 2.88. The van der Waals surface area contributed by atoms with Gasteiger partial charge in [-0.2, -0.15) is 0 Å². The van der Waals surface area contributed by atoms with Crippen LogP contribution in [0.2, 0.25) is 0 Å². The fourth-order valence-corrected chi connectivity index (χ4v) is 3.71. The summed E-state index contributed by atoms with van der Waals surface area (Å²) in [5.41, 5.74) is 1.83. The van der Waals surface area contributed by atoms with Crippen LogP contribution in [-0.4, -0.2) is 29.5 Å². The van der Waals surface area contributed by atoms with Gasteiger partial charge in [0.15, 0.2) is 11.5 Å². The lowest BCUT2D eigenvalue weighted by Gasteiger charge is -2.20. The maximum absolute atomic E-state index is 14.2.